The molecule has 24 heavy (non-hydrogen) atoms. The molecule has 0 heterocycles. The monoisotopic (exact) mass is 327 g/mol. The van der Waals surface area contributed by atoms with Crippen molar-refractivity contribution in [1.82, 2.24) is 0 Å². The van der Waals surface area contributed by atoms with Crippen molar-refractivity contribution in [3.63, 3.8) is 0 Å². The van der Waals surface area contributed by atoms with Gasteiger partial charge in [-0.3, -0.25) is 0 Å². The molecular weight excluding hydrogens is 298 g/mol. The molecule has 2 rings (SSSR count). The molecule has 0 atom stereocenters. The summed E-state index contributed by atoms with van der Waals surface area (Å²) in [7, 11) is 0. The number of anilines is 1. The van der Waals surface area contributed by atoms with Crippen LogP contribution >= 0.6 is 0 Å². The van der Waals surface area contributed by atoms with Crippen molar-refractivity contribution in [3.05, 3.63) is 54.1 Å². The molecule has 3 nitrogen and oxygen atoms in total. The van der Waals surface area contributed by atoms with E-state index >= 15 is 0 Å². The molecule has 1 N–H and O–H groups in total. The van der Waals surface area contributed by atoms with Crippen LogP contribution in [0.15, 0.2) is 48.5 Å². The summed E-state index contributed by atoms with van der Waals surface area (Å²) in [5.41, 5.74) is 2.33. The van der Waals surface area contributed by atoms with Crippen LogP contribution in [0.1, 0.15) is 45.1 Å². The molecule has 0 aromatic heterocycles. The van der Waals surface area contributed by atoms with Crippen molar-refractivity contribution in [3.8, 4) is 11.5 Å². The lowest BCUT2D eigenvalue weighted by atomic mass is 10.2. The third-order valence-electron chi connectivity index (χ3n) is 3.85. The van der Waals surface area contributed by atoms with E-state index in [0.29, 0.717) is 6.61 Å². The fourth-order valence-corrected chi connectivity index (χ4v) is 2.46. The summed E-state index contributed by atoms with van der Waals surface area (Å²) in [5, 5.41) is 3.42. The molecule has 0 bridgehead atoms. The van der Waals surface area contributed by atoms with E-state index in [2.05, 4.69) is 36.5 Å². The summed E-state index contributed by atoms with van der Waals surface area (Å²) in [4.78, 5) is 0. The van der Waals surface area contributed by atoms with Crippen LogP contribution in [0.5, 0.6) is 11.5 Å². The fraction of sp³-hybridized carbons (Fsp3) is 0.429. The zero-order valence-electron chi connectivity index (χ0n) is 14.9. The molecule has 0 saturated carbocycles. The Balaban J connectivity index is 1.73. The Kier molecular flexibility index (Phi) is 8.02. The molecule has 2 aromatic carbocycles. The van der Waals surface area contributed by atoms with Gasteiger partial charge in [-0.15, -0.1) is 0 Å². The number of hydrogen-bond acceptors (Lipinski definition) is 3. The zero-order valence-corrected chi connectivity index (χ0v) is 14.9. The minimum absolute atomic E-state index is 0.694. The molecular formula is C21H29NO2. The second kappa shape index (κ2) is 10.6. The Bertz CT molecular complexity index is 563. The summed E-state index contributed by atoms with van der Waals surface area (Å²) >= 11 is 0. The van der Waals surface area contributed by atoms with Crippen LogP contribution in [-0.4, -0.2) is 13.2 Å². The van der Waals surface area contributed by atoms with E-state index in [1.165, 1.54) is 24.8 Å². The molecule has 0 radical (unpaired) electrons. The quantitative estimate of drug-likeness (QED) is 0.540. The molecule has 0 aliphatic carbocycles. The van der Waals surface area contributed by atoms with Gasteiger partial charge < -0.3 is 14.8 Å². The molecule has 0 spiro atoms. The molecule has 0 unspecified atom stereocenters. The van der Waals surface area contributed by atoms with Gasteiger partial charge in [0.05, 0.1) is 13.2 Å². The van der Waals surface area contributed by atoms with E-state index in [1.54, 1.807) is 0 Å². The smallest absolute Gasteiger partial charge is 0.119 e. The van der Waals surface area contributed by atoms with Crippen LogP contribution in [0.2, 0.25) is 0 Å². The topological polar surface area (TPSA) is 30.5 Å². The van der Waals surface area contributed by atoms with E-state index in [-0.39, 0.29) is 0 Å². The highest BCUT2D eigenvalue weighted by molar-refractivity contribution is 5.47. The Morgan fingerprint density at radius 1 is 0.750 bits per heavy atom. The first-order chi connectivity index (χ1) is 11.8. The molecule has 2 aromatic rings. The van der Waals surface area contributed by atoms with E-state index in [4.69, 9.17) is 9.47 Å². The Hall–Kier alpha value is -2.16. The largest absolute Gasteiger partial charge is 0.494 e. The Morgan fingerprint density at radius 2 is 1.42 bits per heavy atom. The lowest BCUT2D eigenvalue weighted by Gasteiger charge is -2.10. The number of nitrogens with one attached hydrogen (secondary N) is 1. The molecule has 0 saturated heterocycles. The highest BCUT2D eigenvalue weighted by Gasteiger charge is 1.98. The van der Waals surface area contributed by atoms with Gasteiger partial charge in [0.2, 0.25) is 0 Å². The van der Waals surface area contributed by atoms with Crippen LogP contribution in [0.25, 0.3) is 0 Å². The maximum atomic E-state index is 5.77. The zero-order chi connectivity index (χ0) is 17.0. The number of hydrogen-bond donors (Lipinski definition) is 1. The maximum Gasteiger partial charge on any atom is 0.119 e. The Labute approximate surface area is 146 Å². The van der Waals surface area contributed by atoms with Crippen LogP contribution in [0, 0.1) is 0 Å². The number of rotatable bonds is 11. The molecule has 130 valence electrons. The fourth-order valence-electron chi connectivity index (χ4n) is 2.46. The van der Waals surface area contributed by atoms with E-state index in [9.17, 15) is 0 Å². The molecule has 0 aliphatic heterocycles. The van der Waals surface area contributed by atoms with Crippen molar-refractivity contribution >= 4 is 5.69 Å². The number of ether oxygens (including phenoxy) is 2. The second-order valence-electron chi connectivity index (χ2n) is 5.86. The highest BCUT2D eigenvalue weighted by atomic mass is 16.5. The molecule has 0 aliphatic rings. The number of unbranched alkanes of at least 4 members (excludes halogenated alkanes) is 3. The number of benzene rings is 2. The van der Waals surface area contributed by atoms with Crippen molar-refractivity contribution < 1.29 is 9.47 Å². The van der Waals surface area contributed by atoms with Gasteiger partial charge >= 0.3 is 0 Å². The summed E-state index contributed by atoms with van der Waals surface area (Å²) in [6, 6.07) is 16.4. The predicted octanol–water partition coefficient (Wildman–Crippen LogP) is 5.66. The average Bonchev–Trinajstić information content (AvgIpc) is 2.62. The van der Waals surface area contributed by atoms with Gasteiger partial charge in [0, 0.05) is 12.2 Å². The van der Waals surface area contributed by atoms with Gasteiger partial charge in [0.15, 0.2) is 0 Å². The first-order valence-corrected chi connectivity index (χ1v) is 9.00. The normalized spacial score (nSPS) is 10.4. The van der Waals surface area contributed by atoms with Gasteiger partial charge in [0.25, 0.3) is 0 Å². The van der Waals surface area contributed by atoms with Gasteiger partial charge in [-0.2, -0.15) is 0 Å². The lowest BCUT2D eigenvalue weighted by molar-refractivity contribution is 0.305. The van der Waals surface area contributed by atoms with Crippen LogP contribution < -0.4 is 14.8 Å². The molecule has 3 heteroatoms. The highest BCUT2D eigenvalue weighted by Crippen LogP contribution is 2.17. The van der Waals surface area contributed by atoms with Gasteiger partial charge in [0.1, 0.15) is 11.5 Å². The van der Waals surface area contributed by atoms with Crippen molar-refractivity contribution in [2.45, 2.75) is 46.1 Å². The van der Waals surface area contributed by atoms with Gasteiger partial charge in [-0.1, -0.05) is 38.3 Å². The van der Waals surface area contributed by atoms with Gasteiger partial charge in [-0.05, 0) is 55.3 Å². The summed E-state index contributed by atoms with van der Waals surface area (Å²) in [6.45, 7) is 6.51. The Morgan fingerprint density at radius 3 is 2.08 bits per heavy atom. The maximum absolute atomic E-state index is 5.77. The second-order valence-corrected chi connectivity index (χ2v) is 5.86. The molecule has 0 fully saturated rings. The van der Waals surface area contributed by atoms with Crippen LogP contribution in [0.4, 0.5) is 5.69 Å². The van der Waals surface area contributed by atoms with E-state index in [1.807, 2.05) is 31.2 Å². The third kappa shape index (κ3) is 6.53. The summed E-state index contributed by atoms with van der Waals surface area (Å²) < 4.78 is 11.2. The van der Waals surface area contributed by atoms with Gasteiger partial charge in [-0.25, -0.2) is 0 Å². The van der Waals surface area contributed by atoms with E-state index < -0.39 is 0 Å². The third-order valence-corrected chi connectivity index (χ3v) is 3.85. The van der Waals surface area contributed by atoms with E-state index in [0.717, 1.165) is 36.8 Å². The predicted molar refractivity (Wildman–Crippen MR) is 101 cm³/mol. The average molecular weight is 327 g/mol. The van der Waals surface area contributed by atoms with Crippen molar-refractivity contribution in [1.29, 1.82) is 0 Å². The standard InChI is InChI=1S/C21H29NO2/c1-3-5-6-7-16-24-21-12-8-18(9-13-21)17-22-19-10-14-20(15-11-19)23-4-2/h8-15,22H,3-7,16-17H2,1-2H3. The summed E-state index contributed by atoms with van der Waals surface area (Å²) in [5.74, 6) is 1.86. The first-order valence-electron chi connectivity index (χ1n) is 9.00. The lowest BCUT2D eigenvalue weighted by Crippen LogP contribution is -2.00. The summed E-state index contributed by atoms with van der Waals surface area (Å²) in [6.07, 6.45) is 4.94. The van der Waals surface area contributed by atoms with Crippen molar-refractivity contribution in [2.24, 2.45) is 0 Å². The van der Waals surface area contributed by atoms with Crippen LogP contribution in [0.3, 0.4) is 0 Å². The molecule has 0 amide bonds. The van der Waals surface area contributed by atoms with Crippen molar-refractivity contribution in [2.75, 3.05) is 18.5 Å². The minimum Gasteiger partial charge on any atom is -0.494 e. The SMILES string of the molecule is CCCCCCOc1ccc(CNc2ccc(OCC)cc2)cc1. The van der Waals surface area contributed by atoms with Crippen LogP contribution in [-0.2, 0) is 6.54 Å². The minimum atomic E-state index is 0.694. The first kappa shape index (κ1) is 18.2.